The predicted octanol–water partition coefficient (Wildman–Crippen LogP) is 5.04. The van der Waals surface area contributed by atoms with E-state index in [1.54, 1.807) is 6.08 Å². The number of nitrogens with zero attached hydrogens (tertiary/aromatic N) is 1. The molecular formula is C27H26N2O2. The third-order valence-electron chi connectivity index (χ3n) is 6.58. The van der Waals surface area contributed by atoms with E-state index in [4.69, 9.17) is 4.74 Å². The zero-order chi connectivity index (χ0) is 21.6. The van der Waals surface area contributed by atoms with Crippen LogP contribution in [0.25, 0.3) is 16.8 Å². The van der Waals surface area contributed by atoms with Gasteiger partial charge in [0, 0.05) is 17.8 Å². The Bertz CT molecular complexity index is 1230. The minimum atomic E-state index is -0.808. The molecule has 3 aromatic rings. The molecule has 2 heterocycles. The third-order valence-corrected chi connectivity index (χ3v) is 6.58. The van der Waals surface area contributed by atoms with Gasteiger partial charge in [-0.15, -0.1) is 6.58 Å². The lowest BCUT2D eigenvalue weighted by Gasteiger charge is -2.47. The Morgan fingerprint density at radius 3 is 2.71 bits per heavy atom. The van der Waals surface area contributed by atoms with Gasteiger partial charge in [-0.3, -0.25) is 4.79 Å². The summed E-state index contributed by atoms with van der Waals surface area (Å²) in [6, 6.07) is 20.7. The Morgan fingerprint density at radius 2 is 1.87 bits per heavy atom. The van der Waals surface area contributed by atoms with Crippen molar-refractivity contribution in [2.75, 3.05) is 18.0 Å². The summed E-state index contributed by atoms with van der Waals surface area (Å²) in [4.78, 5) is 14.8. The highest BCUT2D eigenvalue weighted by Gasteiger charge is 2.59. The smallest absolute Gasteiger partial charge is 0.239 e. The van der Waals surface area contributed by atoms with E-state index in [1.807, 2.05) is 30.3 Å². The number of amides is 1. The van der Waals surface area contributed by atoms with Crippen LogP contribution in [0, 0.1) is 0 Å². The Hall–Kier alpha value is -3.53. The van der Waals surface area contributed by atoms with E-state index in [0.29, 0.717) is 6.54 Å². The van der Waals surface area contributed by atoms with Gasteiger partial charge in [0.1, 0.15) is 12.3 Å². The summed E-state index contributed by atoms with van der Waals surface area (Å²) in [6.45, 7) is 8.70. The average molecular weight is 411 g/mol. The van der Waals surface area contributed by atoms with Crippen molar-refractivity contribution in [3.63, 3.8) is 0 Å². The number of anilines is 1. The van der Waals surface area contributed by atoms with Crippen molar-refractivity contribution in [1.82, 2.24) is 5.32 Å². The van der Waals surface area contributed by atoms with Gasteiger partial charge in [0.15, 0.2) is 0 Å². The molecule has 2 aliphatic heterocycles. The van der Waals surface area contributed by atoms with Gasteiger partial charge >= 0.3 is 0 Å². The Morgan fingerprint density at radius 1 is 1.10 bits per heavy atom. The molecule has 0 saturated heterocycles. The number of carbonyl (C=O) groups excluding carboxylic acids is 1. The van der Waals surface area contributed by atoms with E-state index in [-0.39, 0.29) is 17.9 Å². The highest BCUT2D eigenvalue weighted by atomic mass is 16.5. The molecule has 0 aliphatic carbocycles. The topological polar surface area (TPSA) is 41.6 Å². The molecule has 2 aliphatic rings. The summed E-state index contributed by atoms with van der Waals surface area (Å²) in [6.07, 6.45) is 5.97. The second-order valence-electron chi connectivity index (χ2n) is 8.65. The average Bonchev–Trinajstić information content (AvgIpc) is 2.96. The van der Waals surface area contributed by atoms with Crippen LogP contribution in [0.1, 0.15) is 25.0 Å². The summed E-state index contributed by atoms with van der Waals surface area (Å²) < 4.78 is 6.84. The van der Waals surface area contributed by atoms with Crippen LogP contribution in [0.3, 0.4) is 0 Å². The van der Waals surface area contributed by atoms with Crippen LogP contribution in [-0.4, -0.2) is 24.7 Å². The van der Waals surface area contributed by atoms with Crippen LogP contribution < -0.4 is 15.0 Å². The van der Waals surface area contributed by atoms with Crippen LogP contribution >= 0.6 is 0 Å². The summed E-state index contributed by atoms with van der Waals surface area (Å²) in [7, 11) is 0. The zero-order valence-corrected chi connectivity index (χ0v) is 17.9. The van der Waals surface area contributed by atoms with Crippen LogP contribution in [-0.2, 0) is 10.2 Å². The first-order chi connectivity index (χ1) is 15.0. The fourth-order valence-corrected chi connectivity index (χ4v) is 4.95. The molecule has 5 rings (SSSR count). The Balaban J connectivity index is 1.64. The molecule has 0 radical (unpaired) electrons. The molecule has 0 aromatic heterocycles. The Labute approximate surface area is 182 Å². The minimum absolute atomic E-state index is 0.0620. The Kier molecular flexibility index (Phi) is 4.40. The maximum atomic E-state index is 12.7. The standard InChI is InChI=1S/C27H26N2O2/c1-4-17-28-25(30)18-29-23-12-8-7-11-22(23)26(2,3)27(29)16-15-21-20-10-6-5-9-19(20)13-14-24(21)31-27/h4-16H,1,17-18H2,2-3H3,(H,28,30)/t27-/m0/s1. The van der Waals surface area contributed by atoms with E-state index >= 15 is 0 Å². The lowest BCUT2D eigenvalue weighted by atomic mass is 9.76. The van der Waals surface area contributed by atoms with Crippen molar-refractivity contribution in [2.24, 2.45) is 0 Å². The quantitative estimate of drug-likeness (QED) is 0.613. The van der Waals surface area contributed by atoms with Gasteiger partial charge in [-0.2, -0.15) is 0 Å². The number of nitrogens with one attached hydrogen (secondary N) is 1. The van der Waals surface area contributed by atoms with Gasteiger partial charge in [0.25, 0.3) is 0 Å². The first kappa shape index (κ1) is 19.4. The maximum absolute atomic E-state index is 12.7. The SMILES string of the molecule is C=CCNC(=O)CN1c2ccccc2C(C)(C)[C@@]12C=Cc1c(ccc3ccccc13)O2. The lowest BCUT2D eigenvalue weighted by Crippen LogP contribution is -2.61. The van der Waals surface area contributed by atoms with Crippen LogP contribution in [0.5, 0.6) is 5.75 Å². The summed E-state index contributed by atoms with van der Waals surface area (Å²) in [5.74, 6) is 0.770. The van der Waals surface area contributed by atoms with Crippen molar-refractivity contribution in [3.8, 4) is 5.75 Å². The molecule has 4 heteroatoms. The molecule has 1 atom stereocenters. The number of hydrogen-bond acceptors (Lipinski definition) is 3. The molecule has 4 nitrogen and oxygen atoms in total. The summed E-state index contributed by atoms with van der Waals surface area (Å²) in [5.41, 5.74) is 2.09. The van der Waals surface area contributed by atoms with E-state index in [9.17, 15) is 4.79 Å². The van der Waals surface area contributed by atoms with Crippen LogP contribution in [0.4, 0.5) is 5.69 Å². The van der Waals surface area contributed by atoms with Gasteiger partial charge in [0.2, 0.25) is 11.6 Å². The maximum Gasteiger partial charge on any atom is 0.239 e. The second kappa shape index (κ2) is 7.02. The molecule has 0 unspecified atom stereocenters. The number of para-hydroxylation sites is 1. The molecule has 0 bridgehead atoms. The summed E-state index contributed by atoms with van der Waals surface area (Å²) >= 11 is 0. The molecule has 0 fully saturated rings. The zero-order valence-electron chi connectivity index (χ0n) is 17.9. The first-order valence-corrected chi connectivity index (χ1v) is 10.6. The molecule has 1 amide bonds. The van der Waals surface area contributed by atoms with Gasteiger partial charge in [0.05, 0.1) is 5.41 Å². The predicted molar refractivity (Wildman–Crippen MR) is 126 cm³/mol. The number of carbonyl (C=O) groups is 1. The fourth-order valence-electron chi connectivity index (χ4n) is 4.95. The van der Waals surface area contributed by atoms with Gasteiger partial charge in [-0.25, -0.2) is 0 Å². The second-order valence-corrected chi connectivity index (χ2v) is 8.65. The van der Waals surface area contributed by atoms with E-state index in [0.717, 1.165) is 22.4 Å². The first-order valence-electron chi connectivity index (χ1n) is 10.6. The van der Waals surface area contributed by atoms with Crippen LogP contribution in [0.15, 0.2) is 79.4 Å². The molecule has 31 heavy (non-hydrogen) atoms. The molecule has 1 spiro atoms. The highest BCUT2D eigenvalue weighted by molar-refractivity contribution is 5.94. The van der Waals surface area contributed by atoms with Crippen molar-refractivity contribution in [1.29, 1.82) is 0 Å². The molecular weight excluding hydrogens is 384 g/mol. The number of fused-ring (bicyclic) bond motifs is 4. The number of rotatable bonds is 4. The molecule has 3 aromatic carbocycles. The summed E-state index contributed by atoms with van der Waals surface area (Å²) in [5, 5.41) is 5.25. The van der Waals surface area contributed by atoms with E-state index in [2.05, 4.69) is 73.1 Å². The van der Waals surface area contributed by atoms with Crippen molar-refractivity contribution < 1.29 is 9.53 Å². The molecule has 156 valence electrons. The van der Waals surface area contributed by atoms with Crippen LogP contribution in [0.2, 0.25) is 0 Å². The largest absolute Gasteiger partial charge is 0.463 e. The van der Waals surface area contributed by atoms with Crippen molar-refractivity contribution in [2.45, 2.75) is 25.0 Å². The third kappa shape index (κ3) is 2.78. The van der Waals surface area contributed by atoms with Gasteiger partial charge < -0.3 is 15.0 Å². The highest BCUT2D eigenvalue weighted by Crippen LogP contribution is 2.55. The van der Waals surface area contributed by atoms with Gasteiger partial charge in [-0.1, -0.05) is 54.6 Å². The molecule has 0 saturated carbocycles. The minimum Gasteiger partial charge on any atom is -0.463 e. The lowest BCUT2D eigenvalue weighted by molar-refractivity contribution is -0.120. The monoisotopic (exact) mass is 410 g/mol. The van der Waals surface area contributed by atoms with Crippen molar-refractivity contribution in [3.05, 3.63) is 90.5 Å². The fraction of sp³-hybridized carbons (Fsp3) is 0.222. The van der Waals surface area contributed by atoms with Gasteiger partial charge in [-0.05, 0) is 54.5 Å². The normalized spacial score (nSPS) is 20.3. The molecule has 1 N–H and O–H groups in total. The van der Waals surface area contributed by atoms with E-state index < -0.39 is 5.72 Å². The number of benzene rings is 3. The number of ether oxygens (including phenoxy) is 1. The van der Waals surface area contributed by atoms with Crippen molar-refractivity contribution >= 4 is 28.4 Å². The number of hydrogen-bond donors (Lipinski definition) is 1. The van der Waals surface area contributed by atoms with E-state index in [1.165, 1.54) is 10.9 Å².